The number of carbonyl (C=O) groups excluding carboxylic acids is 1. The van der Waals surface area contributed by atoms with Crippen LogP contribution < -0.4 is 10.2 Å². The maximum Gasteiger partial charge on any atom is 0.277 e. The predicted octanol–water partition coefficient (Wildman–Crippen LogP) is 1.33. The number of aryl methyl sites for hydroxylation is 1. The Labute approximate surface area is 126 Å². The number of aromatic nitrogens is 3. The summed E-state index contributed by atoms with van der Waals surface area (Å²) < 4.78 is 5.29. The van der Waals surface area contributed by atoms with E-state index in [1.807, 2.05) is 6.92 Å². The Bertz CT molecular complexity index is 622. The van der Waals surface area contributed by atoms with Crippen LogP contribution in [0, 0.1) is 6.92 Å². The standard InChI is InChI=1S/C13H15N5O2S/c1-9-8-14-13(21-9)15-12(19)10-2-3-11(17-16-10)18-4-6-20-7-5-18/h2-3,8H,4-7H2,1H3,(H,14,15,19). The van der Waals surface area contributed by atoms with Crippen LogP contribution >= 0.6 is 11.3 Å². The van der Waals surface area contributed by atoms with Crippen molar-refractivity contribution in [1.29, 1.82) is 0 Å². The van der Waals surface area contributed by atoms with Crippen molar-refractivity contribution in [3.8, 4) is 0 Å². The molecule has 0 unspecified atom stereocenters. The minimum Gasteiger partial charge on any atom is -0.378 e. The van der Waals surface area contributed by atoms with Gasteiger partial charge in [-0.25, -0.2) is 4.98 Å². The summed E-state index contributed by atoms with van der Waals surface area (Å²) in [5, 5.41) is 11.4. The van der Waals surface area contributed by atoms with Crippen molar-refractivity contribution in [2.24, 2.45) is 0 Å². The molecule has 0 spiro atoms. The van der Waals surface area contributed by atoms with Gasteiger partial charge in [0.05, 0.1) is 13.2 Å². The fourth-order valence-corrected chi connectivity index (χ4v) is 2.64. The number of rotatable bonds is 3. The molecular weight excluding hydrogens is 290 g/mol. The van der Waals surface area contributed by atoms with Crippen LogP contribution in [0.4, 0.5) is 10.9 Å². The summed E-state index contributed by atoms with van der Waals surface area (Å²) in [5.41, 5.74) is 0.278. The van der Waals surface area contributed by atoms with Gasteiger partial charge in [0.25, 0.3) is 5.91 Å². The van der Waals surface area contributed by atoms with Crippen LogP contribution in [0.15, 0.2) is 18.3 Å². The van der Waals surface area contributed by atoms with Gasteiger partial charge in [-0.3, -0.25) is 10.1 Å². The monoisotopic (exact) mass is 305 g/mol. The van der Waals surface area contributed by atoms with Gasteiger partial charge >= 0.3 is 0 Å². The second-order valence-corrected chi connectivity index (χ2v) is 5.84. The molecule has 1 aliphatic heterocycles. The first-order chi connectivity index (χ1) is 10.2. The third kappa shape index (κ3) is 3.34. The maximum absolute atomic E-state index is 12.0. The zero-order valence-corrected chi connectivity index (χ0v) is 12.4. The molecule has 0 bridgehead atoms. The molecular formula is C13H15N5O2S. The molecule has 21 heavy (non-hydrogen) atoms. The minimum atomic E-state index is -0.301. The number of morpholine rings is 1. The zero-order chi connectivity index (χ0) is 14.7. The molecule has 110 valence electrons. The van der Waals surface area contributed by atoms with Crippen molar-refractivity contribution in [2.75, 3.05) is 36.5 Å². The number of anilines is 2. The van der Waals surface area contributed by atoms with Gasteiger partial charge in [0.1, 0.15) is 0 Å². The van der Waals surface area contributed by atoms with Crippen LogP contribution in [0.3, 0.4) is 0 Å². The normalized spacial score (nSPS) is 15.0. The van der Waals surface area contributed by atoms with Crippen LogP contribution in [0.1, 0.15) is 15.4 Å². The molecule has 1 N–H and O–H groups in total. The molecule has 1 amide bonds. The molecule has 0 radical (unpaired) electrons. The van der Waals surface area contributed by atoms with Crippen LogP contribution in [0.2, 0.25) is 0 Å². The smallest absolute Gasteiger partial charge is 0.277 e. The molecule has 1 fully saturated rings. The fourth-order valence-electron chi connectivity index (χ4n) is 1.98. The van der Waals surface area contributed by atoms with E-state index in [9.17, 15) is 4.79 Å². The van der Waals surface area contributed by atoms with E-state index in [1.165, 1.54) is 11.3 Å². The number of hydrogen-bond donors (Lipinski definition) is 1. The van der Waals surface area contributed by atoms with E-state index in [1.54, 1.807) is 18.3 Å². The Morgan fingerprint density at radius 1 is 1.33 bits per heavy atom. The first-order valence-corrected chi connectivity index (χ1v) is 7.44. The summed E-state index contributed by atoms with van der Waals surface area (Å²) >= 11 is 1.42. The highest BCUT2D eigenvalue weighted by molar-refractivity contribution is 7.15. The van der Waals surface area contributed by atoms with E-state index in [-0.39, 0.29) is 11.6 Å². The molecule has 2 aromatic rings. The number of thiazole rings is 1. The second-order valence-electron chi connectivity index (χ2n) is 4.61. The molecule has 3 heterocycles. The first kappa shape index (κ1) is 13.9. The third-order valence-electron chi connectivity index (χ3n) is 3.06. The van der Waals surface area contributed by atoms with Gasteiger partial charge in [-0.05, 0) is 19.1 Å². The Morgan fingerprint density at radius 3 is 2.76 bits per heavy atom. The quantitative estimate of drug-likeness (QED) is 0.921. The van der Waals surface area contributed by atoms with E-state index in [4.69, 9.17) is 4.74 Å². The predicted molar refractivity (Wildman–Crippen MR) is 79.9 cm³/mol. The largest absolute Gasteiger partial charge is 0.378 e. The van der Waals surface area contributed by atoms with E-state index in [0.29, 0.717) is 18.3 Å². The third-order valence-corrected chi connectivity index (χ3v) is 3.89. The molecule has 0 saturated carbocycles. The van der Waals surface area contributed by atoms with E-state index >= 15 is 0 Å². The number of amides is 1. The zero-order valence-electron chi connectivity index (χ0n) is 11.6. The van der Waals surface area contributed by atoms with Gasteiger partial charge < -0.3 is 9.64 Å². The average Bonchev–Trinajstić information content (AvgIpc) is 2.93. The van der Waals surface area contributed by atoms with E-state index in [2.05, 4.69) is 25.4 Å². The summed E-state index contributed by atoms with van der Waals surface area (Å²) in [4.78, 5) is 19.2. The van der Waals surface area contributed by atoms with Gasteiger partial charge in [0.2, 0.25) is 0 Å². The summed E-state index contributed by atoms with van der Waals surface area (Å²) in [6.07, 6.45) is 1.72. The number of nitrogens with zero attached hydrogens (tertiary/aromatic N) is 4. The van der Waals surface area contributed by atoms with Crippen LogP contribution in [-0.2, 0) is 4.74 Å². The maximum atomic E-state index is 12.0. The summed E-state index contributed by atoms with van der Waals surface area (Å²) in [6, 6.07) is 3.48. The van der Waals surface area contributed by atoms with E-state index < -0.39 is 0 Å². The van der Waals surface area contributed by atoms with Crippen molar-refractivity contribution in [2.45, 2.75) is 6.92 Å². The van der Waals surface area contributed by atoms with Gasteiger partial charge in [-0.2, -0.15) is 0 Å². The molecule has 0 aliphatic carbocycles. The minimum absolute atomic E-state index is 0.278. The van der Waals surface area contributed by atoms with Gasteiger partial charge in [-0.1, -0.05) is 0 Å². The Kier molecular flexibility index (Phi) is 4.07. The topological polar surface area (TPSA) is 80.2 Å². The second kappa shape index (κ2) is 6.15. The number of ether oxygens (including phenoxy) is 1. The number of hydrogen-bond acceptors (Lipinski definition) is 7. The lowest BCUT2D eigenvalue weighted by atomic mass is 10.3. The fraction of sp³-hybridized carbons (Fsp3) is 0.385. The summed E-state index contributed by atoms with van der Waals surface area (Å²) in [7, 11) is 0. The molecule has 0 atom stereocenters. The first-order valence-electron chi connectivity index (χ1n) is 6.62. The van der Waals surface area contributed by atoms with Crippen molar-refractivity contribution < 1.29 is 9.53 Å². The Hall–Kier alpha value is -2.06. The Morgan fingerprint density at radius 2 is 2.14 bits per heavy atom. The summed E-state index contributed by atoms with van der Waals surface area (Å²) in [5.74, 6) is 0.463. The highest BCUT2D eigenvalue weighted by Gasteiger charge is 2.15. The molecule has 8 heteroatoms. The van der Waals surface area contributed by atoms with Gasteiger partial charge in [0.15, 0.2) is 16.6 Å². The number of carbonyl (C=O) groups is 1. The Balaban J connectivity index is 1.67. The molecule has 7 nitrogen and oxygen atoms in total. The van der Waals surface area contributed by atoms with Crippen LogP contribution in [0.5, 0.6) is 0 Å². The van der Waals surface area contributed by atoms with Crippen LogP contribution in [0.25, 0.3) is 0 Å². The van der Waals surface area contributed by atoms with E-state index in [0.717, 1.165) is 23.8 Å². The highest BCUT2D eigenvalue weighted by atomic mass is 32.1. The molecule has 1 saturated heterocycles. The van der Waals surface area contributed by atoms with Crippen molar-refractivity contribution in [1.82, 2.24) is 15.2 Å². The average molecular weight is 305 g/mol. The lowest BCUT2D eigenvalue weighted by Crippen LogP contribution is -2.37. The molecule has 0 aromatic carbocycles. The summed E-state index contributed by atoms with van der Waals surface area (Å²) in [6.45, 7) is 4.89. The lowest BCUT2D eigenvalue weighted by molar-refractivity contribution is 0.102. The van der Waals surface area contributed by atoms with Crippen molar-refractivity contribution >= 4 is 28.2 Å². The molecule has 1 aliphatic rings. The highest BCUT2D eigenvalue weighted by Crippen LogP contribution is 2.17. The number of nitrogens with one attached hydrogen (secondary N) is 1. The van der Waals surface area contributed by atoms with Crippen molar-refractivity contribution in [3.05, 3.63) is 28.9 Å². The lowest BCUT2D eigenvalue weighted by Gasteiger charge is -2.27. The van der Waals surface area contributed by atoms with Gasteiger partial charge in [-0.15, -0.1) is 21.5 Å². The van der Waals surface area contributed by atoms with Crippen LogP contribution in [-0.4, -0.2) is 47.4 Å². The molecule has 3 rings (SSSR count). The van der Waals surface area contributed by atoms with Crippen molar-refractivity contribution in [3.63, 3.8) is 0 Å². The van der Waals surface area contributed by atoms with Gasteiger partial charge in [0, 0.05) is 24.2 Å². The SMILES string of the molecule is Cc1cnc(NC(=O)c2ccc(N3CCOCC3)nn2)s1. The molecule has 2 aromatic heterocycles.